The molecule has 68 valence electrons. The molecule has 0 atom stereocenters. The maximum absolute atomic E-state index is 4.58. The van der Waals surface area contributed by atoms with Crippen LogP contribution in [-0.2, 0) is 7.05 Å². The van der Waals surface area contributed by atoms with Crippen LogP contribution >= 0.6 is 0 Å². The molecule has 1 aromatic carbocycles. The highest BCUT2D eigenvalue weighted by Gasteiger charge is 2.11. The summed E-state index contributed by atoms with van der Waals surface area (Å²) >= 11 is 0. The van der Waals surface area contributed by atoms with Gasteiger partial charge < -0.3 is 4.57 Å². The van der Waals surface area contributed by atoms with Crippen molar-refractivity contribution in [1.82, 2.24) is 9.55 Å². The van der Waals surface area contributed by atoms with Crippen molar-refractivity contribution in [2.24, 2.45) is 7.05 Å². The molecular formula is C12H10N2. The van der Waals surface area contributed by atoms with E-state index in [1.165, 1.54) is 10.9 Å². The molecule has 0 saturated heterocycles. The molecule has 14 heavy (non-hydrogen) atoms. The van der Waals surface area contributed by atoms with E-state index in [-0.39, 0.29) is 0 Å². The molecule has 2 heteroatoms. The number of para-hydroxylation sites is 1. The normalized spacial score (nSPS) is 11.2. The van der Waals surface area contributed by atoms with Crippen LogP contribution in [0.3, 0.4) is 0 Å². The number of aromatic nitrogens is 2. The second-order valence-corrected chi connectivity index (χ2v) is 3.49. The zero-order valence-electron chi connectivity index (χ0n) is 7.94. The highest BCUT2D eigenvalue weighted by Crippen LogP contribution is 2.29. The second-order valence-electron chi connectivity index (χ2n) is 3.49. The molecule has 0 bridgehead atoms. The number of pyridine rings is 1. The van der Waals surface area contributed by atoms with Crippen LogP contribution in [0.2, 0.25) is 0 Å². The highest BCUT2D eigenvalue weighted by molar-refractivity contribution is 5.96. The van der Waals surface area contributed by atoms with Gasteiger partial charge in [0.1, 0.15) is 5.82 Å². The molecular weight excluding hydrogens is 172 g/mol. The lowest BCUT2D eigenvalue weighted by atomic mass is 10.1. The molecule has 2 heterocycles. The first kappa shape index (κ1) is 7.56. The van der Waals surface area contributed by atoms with E-state index in [9.17, 15) is 0 Å². The molecule has 2 nitrogen and oxygen atoms in total. The van der Waals surface area contributed by atoms with Crippen LogP contribution in [0, 0.1) is 0 Å². The Morgan fingerprint density at radius 2 is 1.93 bits per heavy atom. The minimum absolute atomic E-state index is 1.05. The Balaban J connectivity index is 2.55. The van der Waals surface area contributed by atoms with Gasteiger partial charge in [-0.25, -0.2) is 4.98 Å². The van der Waals surface area contributed by atoms with Crippen molar-refractivity contribution in [3.05, 3.63) is 42.6 Å². The quantitative estimate of drug-likeness (QED) is 0.522. The van der Waals surface area contributed by atoms with E-state index < -0.39 is 0 Å². The molecule has 0 unspecified atom stereocenters. The van der Waals surface area contributed by atoms with Gasteiger partial charge in [-0.05, 0) is 18.2 Å². The van der Waals surface area contributed by atoms with E-state index >= 15 is 0 Å². The van der Waals surface area contributed by atoms with E-state index in [0.29, 0.717) is 0 Å². The lowest BCUT2D eigenvalue weighted by Crippen LogP contribution is -1.94. The SMILES string of the molecule is Cn1cccc2c3ccccc3nc1-2. The average molecular weight is 182 g/mol. The summed E-state index contributed by atoms with van der Waals surface area (Å²) in [5.41, 5.74) is 2.30. The molecule has 0 saturated carbocycles. The predicted octanol–water partition coefficient (Wildman–Crippen LogP) is 2.68. The summed E-state index contributed by atoms with van der Waals surface area (Å²) in [6.07, 6.45) is 2.02. The third-order valence-electron chi connectivity index (χ3n) is 2.57. The molecule has 0 aromatic heterocycles. The van der Waals surface area contributed by atoms with Gasteiger partial charge in [-0.1, -0.05) is 18.2 Å². The molecule has 0 radical (unpaired) electrons. The van der Waals surface area contributed by atoms with Crippen LogP contribution in [0.5, 0.6) is 0 Å². The topological polar surface area (TPSA) is 17.8 Å². The van der Waals surface area contributed by atoms with Crippen LogP contribution in [0.4, 0.5) is 0 Å². The molecule has 2 aliphatic rings. The summed E-state index contributed by atoms with van der Waals surface area (Å²) in [7, 11) is 2.02. The minimum Gasteiger partial charge on any atom is -0.336 e. The molecule has 1 aromatic rings. The van der Waals surface area contributed by atoms with E-state index in [2.05, 4.69) is 39.9 Å². The summed E-state index contributed by atoms with van der Waals surface area (Å²) in [6.45, 7) is 0. The van der Waals surface area contributed by atoms with Crippen molar-refractivity contribution in [1.29, 1.82) is 0 Å². The molecule has 0 N–H and O–H groups in total. The minimum atomic E-state index is 1.05. The van der Waals surface area contributed by atoms with Crippen LogP contribution in [-0.4, -0.2) is 9.55 Å². The summed E-state index contributed by atoms with van der Waals surface area (Å²) in [5, 5.41) is 1.23. The number of benzene rings is 1. The molecule has 0 fully saturated rings. The van der Waals surface area contributed by atoms with Gasteiger partial charge >= 0.3 is 0 Å². The third kappa shape index (κ3) is 0.880. The van der Waals surface area contributed by atoms with E-state index in [0.717, 1.165) is 11.3 Å². The number of hydrogen-bond donors (Lipinski definition) is 0. The standard InChI is InChI=1S/C12H10N2/c1-14-8-4-6-10-9-5-2-3-7-11(9)13-12(10)14/h2-8H,1H3. The maximum Gasteiger partial charge on any atom is 0.140 e. The first-order valence-corrected chi connectivity index (χ1v) is 4.66. The van der Waals surface area contributed by atoms with Crippen LogP contribution in [0.25, 0.3) is 22.3 Å². The zero-order valence-corrected chi connectivity index (χ0v) is 7.94. The lowest BCUT2D eigenvalue weighted by Gasteiger charge is -2.03. The van der Waals surface area contributed by atoms with Gasteiger partial charge in [0.05, 0.1) is 5.52 Å². The maximum atomic E-state index is 4.58. The van der Waals surface area contributed by atoms with Gasteiger partial charge in [-0.3, -0.25) is 0 Å². The van der Waals surface area contributed by atoms with Gasteiger partial charge in [0.25, 0.3) is 0 Å². The summed E-state index contributed by atoms with van der Waals surface area (Å²) in [6, 6.07) is 12.4. The monoisotopic (exact) mass is 182 g/mol. The molecule has 0 spiro atoms. The highest BCUT2D eigenvalue weighted by atomic mass is 15.0. The van der Waals surface area contributed by atoms with Crippen LogP contribution < -0.4 is 0 Å². The predicted molar refractivity (Wildman–Crippen MR) is 57.3 cm³/mol. The fourth-order valence-corrected chi connectivity index (χ4v) is 1.87. The Hall–Kier alpha value is -1.83. The number of aryl methyl sites for hydroxylation is 1. The summed E-state index contributed by atoms with van der Waals surface area (Å²) in [5.74, 6) is 1.05. The van der Waals surface area contributed by atoms with Gasteiger partial charge in [-0.15, -0.1) is 0 Å². The number of nitrogens with zero attached hydrogens (tertiary/aromatic N) is 2. The largest absolute Gasteiger partial charge is 0.336 e. The number of rotatable bonds is 0. The van der Waals surface area contributed by atoms with Crippen molar-refractivity contribution in [2.75, 3.05) is 0 Å². The third-order valence-corrected chi connectivity index (χ3v) is 2.57. The zero-order chi connectivity index (χ0) is 9.54. The first-order valence-electron chi connectivity index (χ1n) is 4.66. The van der Waals surface area contributed by atoms with Gasteiger partial charge in [0, 0.05) is 24.2 Å². The van der Waals surface area contributed by atoms with Gasteiger partial charge in [0.15, 0.2) is 0 Å². The Morgan fingerprint density at radius 1 is 1.07 bits per heavy atom. The Morgan fingerprint density at radius 3 is 2.86 bits per heavy atom. The second kappa shape index (κ2) is 2.58. The van der Waals surface area contributed by atoms with Crippen molar-refractivity contribution >= 4 is 10.9 Å². The van der Waals surface area contributed by atoms with Crippen molar-refractivity contribution in [3.8, 4) is 11.4 Å². The first-order chi connectivity index (χ1) is 6.86. The van der Waals surface area contributed by atoms with Crippen molar-refractivity contribution < 1.29 is 0 Å². The fourth-order valence-electron chi connectivity index (χ4n) is 1.87. The number of fused-ring (bicyclic) bond motifs is 3. The summed E-state index contributed by atoms with van der Waals surface area (Å²) in [4.78, 5) is 4.58. The Labute approximate surface area is 82.2 Å². The van der Waals surface area contributed by atoms with Crippen molar-refractivity contribution in [2.45, 2.75) is 0 Å². The van der Waals surface area contributed by atoms with E-state index in [1.807, 2.05) is 19.3 Å². The van der Waals surface area contributed by atoms with Gasteiger partial charge in [0.2, 0.25) is 0 Å². The van der Waals surface area contributed by atoms with E-state index in [4.69, 9.17) is 0 Å². The smallest absolute Gasteiger partial charge is 0.140 e. The molecule has 0 amide bonds. The van der Waals surface area contributed by atoms with Gasteiger partial charge in [-0.2, -0.15) is 0 Å². The Bertz CT molecular complexity index is 566. The number of hydrogen-bond acceptors (Lipinski definition) is 1. The molecule has 3 rings (SSSR count). The summed E-state index contributed by atoms with van der Waals surface area (Å²) < 4.78 is 2.05. The lowest BCUT2D eigenvalue weighted by molar-refractivity contribution is 0.893. The van der Waals surface area contributed by atoms with Crippen LogP contribution in [0.1, 0.15) is 0 Å². The molecule has 0 aliphatic carbocycles. The van der Waals surface area contributed by atoms with E-state index in [1.54, 1.807) is 0 Å². The average Bonchev–Trinajstić information content (AvgIpc) is 2.59. The Kier molecular flexibility index (Phi) is 1.39. The fraction of sp³-hybridized carbons (Fsp3) is 0.0833. The van der Waals surface area contributed by atoms with Crippen LogP contribution in [0.15, 0.2) is 42.6 Å². The van der Waals surface area contributed by atoms with Crippen molar-refractivity contribution in [3.63, 3.8) is 0 Å². The molecule has 2 aliphatic heterocycles.